The molecule has 0 saturated carbocycles. The van der Waals surface area contributed by atoms with Crippen molar-refractivity contribution >= 4 is 32.9 Å². The van der Waals surface area contributed by atoms with Gasteiger partial charge in [-0.05, 0) is 25.1 Å². The molecule has 0 spiro atoms. The van der Waals surface area contributed by atoms with E-state index >= 15 is 0 Å². The van der Waals surface area contributed by atoms with Crippen LogP contribution in [-0.2, 0) is 10.9 Å². The average Bonchev–Trinajstić information content (AvgIpc) is 2.67. The van der Waals surface area contributed by atoms with Crippen LogP contribution in [0.4, 0.5) is 13.2 Å². The second-order valence-corrected chi connectivity index (χ2v) is 4.58. The predicted molar refractivity (Wildman–Crippen MR) is 64.9 cm³/mol. The number of fused-ring (bicyclic) bond motifs is 1. The monoisotopic (exact) mass is 336 g/mol. The standard InChI is InChI=1S/C12H8BrF3O3/c1-2-18-11(17)10-9(12(14,15)16)7-5-6(13)3-4-8(7)19-10/h3-5H,2H2,1H3. The Morgan fingerprint density at radius 3 is 2.68 bits per heavy atom. The molecule has 1 aromatic carbocycles. The van der Waals surface area contributed by atoms with E-state index in [9.17, 15) is 18.0 Å². The highest BCUT2D eigenvalue weighted by Gasteiger charge is 2.41. The summed E-state index contributed by atoms with van der Waals surface area (Å²) in [4.78, 5) is 11.5. The summed E-state index contributed by atoms with van der Waals surface area (Å²) in [6, 6.07) is 4.14. The zero-order valence-corrected chi connectivity index (χ0v) is 11.3. The fourth-order valence-electron chi connectivity index (χ4n) is 1.69. The molecule has 0 aliphatic carbocycles. The summed E-state index contributed by atoms with van der Waals surface area (Å²) in [6.45, 7) is 1.47. The molecule has 1 heterocycles. The Morgan fingerprint density at radius 1 is 1.42 bits per heavy atom. The highest BCUT2D eigenvalue weighted by molar-refractivity contribution is 9.10. The van der Waals surface area contributed by atoms with Crippen LogP contribution >= 0.6 is 15.9 Å². The number of hydrogen-bond acceptors (Lipinski definition) is 3. The number of rotatable bonds is 2. The first-order valence-corrected chi connectivity index (χ1v) is 6.10. The Kier molecular flexibility index (Phi) is 3.58. The maximum Gasteiger partial charge on any atom is 0.420 e. The van der Waals surface area contributed by atoms with Gasteiger partial charge in [-0.3, -0.25) is 0 Å². The predicted octanol–water partition coefficient (Wildman–Crippen LogP) is 4.39. The first-order valence-electron chi connectivity index (χ1n) is 5.31. The van der Waals surface area contributed by atoms with Gasteiger partial charge in [0.1, 0.15) is 11.1 Å². The molecule has 1 aromatic heterocycles. The SMILES string of the molecule is CCOC(=O)c1oc2ccc(Br)cc2c1C(F)(F)F. The number of benzene rings is 1. The lowest BCUT2D eigenvalue weighted by Crippen LogP contribution is -2.13. The zero-order valence-electron chi connectivity index (χ0n) is 9.68. The second-order valence-electron chi connectivity index (χ2n) is 3.66. The van der Waals surface area contributed by atoms with Gasteiger partial charge in [0, 0.05) is 9.86 Å². The third kappa shape index (κ3) is 2.60. The fourth-order valence-corrected chi connectivity index (χ4v) is 2.05. The molecular formula is C12H8BrF3O3. The van der Waals surface area contributed by atoms with E-state index in [0.717, 1.165) is 0 Å². The summed E-state index contributed by atoms with van der Waals surface area (Å²) in [6.07, 6.45) is -4.70. The van der Waals surface area contributed by atoms with Crippen LogP contribution in [0.25, 0.3) is 11.0 Å². The van der Waals surface area contributed by atoms with Gasteiger partial charge < -0.3 is 9.15 Å². The average molecular weight is 337 g/mol. The van der Waals surface area contributed by atoms with Gasteiger partial charge in [0.25, 0.3) is 0 Å². The minimum absolute atomic E-state index is 0.0152. The Labute approximate surface area is 114 Å². The molecule has 0 radical (unpaired) electrons. The molecule has 0 unspecified atom stereocenters. The lowest BCUT2D eigenvalue weighted by molar-refractivity contribution is -0.137. The van der Waals surface area contributed by atoms with Crippen molar-refractivity contribution in [2.24, 2.45) is 0 Å². The molecule has 0 N–H and O–H groups in total. The lowest BCUT2D eigenvalue weighted by Gasteiger charge is -2.06. The molecule has 7 heteroatoms. The molecule has 0 bridgehead atoms. The third-order valence-corrected chi connectivity index (χ3v) is 2.89. The molecule has 2 rings (SSSR count). The summed E-state index contributed by atoms with van der Waals surface area (Å²) in [7, 11) is 0. The van der Waals surface area contributed by atoms with E-state index < -0.39 is 23.5 Å². The maximum absolute atomic E-state index is 13.1. The Bertz CT molecular complexity index is 631. The van der Waals surface area contributed by atoms with Crippen molar-refractivity contribution in [1.29, 1.82) is 0 Å². The Balaban J connectivity index is 2.73. The molecule has 0 fully saturated rings. The topological polar surface area (TPSA) is 39.4 Å². The summed E-state index contributed by atoms with van der Waals surface area (Å²) < 4.78 is 49.2. The van der Waals surface area contributed by atoms with Crippen LogP contribution in [-0.4, -0.2) is 12.6 Å². The van der Waals surface area contributed by atoms with Crippen molar-refractivity contribution in [3.8, 4) is 0 Å². The van der Waals surface area contributed by atoms with Crippen LogP contribution in [0, 0.1) is 0 Å². The number of esters is 1. The molecule has 102 valence electrons. The molecule has 19 heavy (non-hydrogen) atoms. The number of furan rings is 1. The van der Waals surface area contributed by atoms with Gasteiger partial charge in [-0.25, -0.2) is 4.79 Å². The number of carbonyl (C=O) groups excluding carboxylic acids is 1. The van der Waals surface area contributed by atoms with Crippen LogP contribution < -0.4 is 0 Å². The number of ether oxygens (including phenoxy) is 1. The highest BCUT2D eigenvalue weighted by Crippen LogP contribution is 2.40. The van der Waals surface area contributed by atoms with Crippen molar-refractivity contribution in [3.05, 3.63) is 34.0 Å². The minimum Gasteiger partial charge on any atom is -0.460 e. The Morgan fingerprint density at radius 2 is 2.11 bits per heavy atom. The molecule has 0 aliphatic heterocycles. The first kappa shape index (κ1) is 13.9. The van der Waals surface area contributed by atoms with Gasteiger partial charge >= 0.3 is 12.1 Å². The fraction of sp³-hybridized carbons (Fsp3) is 0.250. The van der Waals surface area contributed by atoms with Gasteiger partial charge in [-0.2, -0.15) is 13.2 Å². The molecule has 2 aromatic rings. The van der Waals surface area contributed by atoms with Gasteiger partial charge in [0.15, 0.2) is 0 Å². The van der Waals surface area contributed by atoms with E-state index in [4.69, 9.17) is 4.42 Å². The van der Waals surface area contributed by atoms with Crippen LogP contribution in [0.15, 0.2) is 27.1 Å². The van der Waals surface area contributed by atoms with E-state index in [1.807, 2.05) is 0 Å². The van der Waals surface area contributed by atoms with E-state index in [0.29, 0.717) is 4.47 Å². The zero-order chi connectivity index (χ0) is 14.2. The normalized spacial score (nSPS) is 11.8. The quantitative estimate of drug-likeness (QED) is 0.763. The van der Waals surface area contributed by atoms with Crippen LogP contribution in [0.5, 0.6) is 0 Å². The van der Waals surface area contributed by atoms with E-state index in [-0.39, 0.29) is 17.6 Å². The second kappa shape index (κ2) is 4.88. The van der Waals surface area contributed by atoms with Gasteiger partial charge in [-0.15, -0.1) is 0 Å². The van der Waals surface area contributed by atoms with Crippen molar-refractivity contribution in [3.63, 3.8) is 0 Å². The number of alkyl halides is 3. The smallest absolute Gasteiger partial charge is 0.420 e. The van der Waals surface area contributed by atoms with E-state index in [2.05, 4.69) is 20.7 Å². The summed E-state index contributed by atoms with van der Waals surface area (Å²) in [5, 5.41) is -0.176. The van der Waals surface area contributed by atoms with Crippen molar-refractivity contribution in [2.45, 2.75) is 13.1 Å². The minimum atomic E-state index is -4.70. The summed E-state index contributed by atoms with van der Waals surface area (Å²) in [5.41, 5.74) is -1.12. The third-order valence-electron chi connectivity index (χ3n) is 2.39. The summed E-state index contributed by atoms with van der Waals surface area (Å²) in [5.74, 6) is -1.94. The first-order chi connectivity index (χ1) is 8.84. The van der Waals surface area contributed by atoms with Crippen LogP contribution in [0.3, 0.4) is 0 Å². The molecule has 0 saturated heterocycles. The van der Waals surface area contributed by atoms with E-state index in [1.165, 1.54) is 25.1 Å². The van der Waals surface area contributed by atoms with Crippen molar-refractivity contribution in [1.82, 2.24) is 0 Å². The molecular weight excluding hydrogens is 329 g/mol. The van der Waals surface area contributed by atoms with Crippen LogP contribution in [0.1, 0.15) is 23.0 Å². The maximum atomic E-state index is 13.1. The van der Waals surface area contributed by atoms with Crippen molar-refractivity contribution in [2.75, 3.05) is 6.61 Å². The number of halogens is 4. The lowest BCUT2D eigenvalue weighted by atomic mass is 10.1. The molecule has 0 aliphatic rings. The highest BCUT2D eigenvalue weighted by atomic mass is 79.9. The molecule has 0 amide bonds. The van der Waals surface area contributed by atoms with Gasteiger partial charge in [0.2, 0.25) is 5.76 Å². The largest absolute Gasteiger partial charge is 0.460 e. The molecule has 3 nitrogen and oxygen atoms in total. The molecule has 0 atom stereocenters. The van der Waals surface area contributed by atoms with Gasteiger partial charge in [0.05, 0.1) is 6.61 Å². The number of hydrogen-bond donors (Lipinski definition) is 0. The van der Waals surface area contributed by atoms with E-state index in [1.54, 1.807) is 0 Å². The van der Waals surface area contributed by atoms with Crippen molar-refractivity contribution < 1.29 is 27.1 Å². The van der Waals surface area contributed by atoms with Gasteiger partial charge in [-0.1, -0.05) is 15.9 Å². The summed E-state index contributed by atoms with van der Waals surface area (Å²) >= 11 is 3.09. The number of carbonyl (C=O) groups is 1. The van der Waals surface area contributed by atoms with Crippen LogP contribution in [0.2, 0.25) is 0 Å². The Hall–Kier alpha value is -1.50.